The second-order valence-corrected chi connectivity index (χ2v) is 5.82. The Morgan fingerprint density at radius 2 is 1.92 bits per heavy atom. The van der Waals surface area contributed by atoms with Crippen LogP contribution in [0.2, 0.25) is 5.02 Å². The number of hydrogen-bond donors (Lipinski definition) is 2. The van der Waals surface area contributed by atoms with E-state index in [1.54, 1.807) is 31.2 Å². The average Bonchev–Trinajstić information content (AvgIpc) is 2.54. The molecular formula is C18H17ClN2O3. The first-order valence-electron chi connectivity index (χ1n) is 7.50. The van der Waals surface area contributed by atoms with E-state index in [1.165, 1.54) is 0 Å². The minimum Gasteiger partial charge on any atom is -0.462 e. The Morgan fingerprint density at radius 3 is 2.58 bits per heavy atom. The molecule has 1 aliphatic rings. The molecule has 0 bridgehead atoms. The van der Waals surface area contributed by atoms with Gasteiger partial charge in [-0.05, 0) is 30.7 Å². The number of nitrogens with two attached hydrogens (primary N) is 2. The number of fused-ring (bicyclic) bond motifs is 1. The van der Waals surface area contributed by atoms with Crippen LogP contribution < -0.4 is 16.2 Å². The molecule has 3 rings (SSSR count). The third-order valence-corrected chi connectivity index (χ3v) is 4.07. The summed E-state index contributed by atoms with van der Waals surface area (Å²) in [5.74, 6) is -0.366. The van der Waals surface area contributed by atoms with Crippen LogP contribution in [0.1, 0.15) is 24.0 Å². The van der Waals surface area contributed by atoms with Crippen LogP contribution in [0, 0.1) is 0 Å². The molecule has 0 aromatic heterocycles. The molecule has 5 nitrogen and oxygen atoms in total. The molecular weight excluding hydrogens is 328 g/mol. The minimum absolute atomic E-state index is 0.0199. The van der Waals surface area contributed by atoms with E-state index < -0.39 is 11.9 Å². The maximum absolute atomic E-state index is 12.4. The van der Waals surface area contributed by atoms with Crippen molar-refractivity contribution in [2.45, 2.75) is 12.8 Å². The molecule has 24 heavy (non-hydrogen) atoms. The van der Waals surface area contributed by atoms with Gasteiger partial charge < -0.3 is 20.9 Å². The molecule has 6 heteroatoms. The third kappa shape index (κ3) is 2.90. The lowest BCUT2D eigenvalue weighted by Crippen LogP contribution is -2.27. The van der Waals surface area contributed by atoms with Crippen molar-refractivity contribution < 1.29 is 14.3 Å². The fourth-order valence-corrected chi connectivity index (χ4v) is 2.90. The van der Waals surface area contributed by atoms with Gasteiger partial charge >= 0.3 is 5.97 Å². The van der Waals surface area contributed by atoms with Gasteiger partial charge in [0.1, 0.15) is 11.3 Å². The first-order valence-corrected chi connectivity index (χ1v) is 7.88. The molecule has 0 aliphatic carbocycles. The van der Waals surface area contributed by atoms with Crippen molar-refractivity contribution in [1.29, 1.82) is 0 Å². The summed E-state index contributed by atoms with van der Waals surface area (Å²) in [5.41, 5.74) is 14.3. The van der Waals surface area contributed by atoms with Crippen LogP contribution in [0.15, 0.2) is 53.9 Å². The van der Waals surface area contributed by atoms with Crippen LogP contribution in [0.4, 0.5) is 5.69 Å². The number of ether oxygens (including phenoxy) is 2. The summed E-state index contributed by atoms with van der Waals surface area (Å²) >= 11 is 5.98. The van der Waals surface area contributed by atoms with Gasteiger partial charge in [-0.2, -0.15) is 0 Å². The molecule has 1 aliphatic heterocycles. The first-order chi connectivity index (χ1) is 11.5. The molecule has 0 unspecified atom stereocenters. The first kappa shape index (κ1) is 16.2. The van der Waals surface area contributed by atoms with Crippen molar-refractivity contribution in [3.63, 3.8) is 0 Å². The lowest BCUT2D eigenvalue weighted by atomic mass is 9.83. The highest BCUT2D eigenvalue weighted by atomic mass is 35.5. The molecule has 0 saturated carbocycles. The zero-order chi connectivity index (χ0) is 17.3. The van der Waals surface area contributed by atoms with Crippen molar-refractivity contribution >= 4 is 23.3 Å². The Labute approximate surface area is 144 Å². The largest absolute Gasteiger partial charge is 0.462 e. The fourth-order valence-electron chi connectivity index (χ4n) is 2.78. The van der Waals surface area contributed by atoms with Crippen LogP contribution >= 0.6 is 11.6 Å². The van der Waals surface area contributed by atoms with Gasteiger partial charge in [0.15, 0.2) is 0 Å². The third-order valence-electron chi connectivity index (χ3n) is 3.82. The van der Waals surface area contributed by atoms with Gasteiger partial charge in [-0.1, -0.05) is 29.8 Å². The molecule has 4 N–H and O–H groups in total. The van der Waals surface area contributed by atoms with Crippen molar-refractivity contribution in [1.82, 2.24) is 0 Å². The number of carbonyl (C=O) groups excluding carboxylic acids is 1. The summed E-state index contributed by atoms with van der Waals surface area (Å²) in [6, 6.07) is 12.5. The van der Waals surface area contributed by atoms with E-state index >= 15 is 0 Å². The Hall–Kier alpha value is -2.66. The molecule has 1 heterocycles. The Kier molecular flexibility index (Phi) is 4.36. The highest BCUT2D eigenvalue weighted by Gasteiger charge is 2.35. The quantitative estimate of drug-likeness (QED) is 0.659. The molecule has 2 aromatic carbocycles. The molecule has 0 amide bonds. The van der Waals surface area contributed by atoms with Gasteiger partial charge in [-0.25, -0.2) is 4.79 Å². The molecule has 1 atom stereocenters. The Morgan fingerprint density at radius 1 is 1.21 bits per heavy atom. The van der Waals surface area contributed by atoms with E-state index in [0.29, 0.717) is 16.5 Å². The Bertz CT molecular complexity index is 816. The second-order valence-electron chi connectivity index (χ2n) is 5.38. The van der Waals surface area contributed by atoms with E-state index in [0.717, 1.165) is 11.1 Å². The lowest BCUT2D eigenvalue weighted by Gasteiger charge is -2.28. The van der Waals surface area contributed by atoms with Crippen LogP contribution in [0.3, 0.4) is 0 Å². The van der Waals surface area contributed by atoms with Gasteiger partial charge in [0.2, 0.25) is 5.88 Å². The normalized spacial score (nSPS) is 16.3. The van der Waals surface area contributed by atoms with E-state index in [2.05, 4.69) is 0 Å². The number of benzene rings is 2. The van der Waals surface area contributed by atoms with Crippen LogP contribution in [-0.4, -0.2) is 12.6 Å². The van der Waals surface area contributed by atoms with Crippen molar-refractivity contribution in [3.8, 4) is 5.75 Å². The summed E-state index contributed by atoms with van der Waals surface area (Å²) in [6.07, 6.45) is 0. The summed E-state index contributed by atoms with van der Waals surface area (Å²) in [5, 5.41) is 0.609. The molecule has 0 fully saturated rings. The average molecular weight is 345 g/mol. The number of hydrogen-bond acceptors (Lipinski definition) is 5. The number of rotatable bonds is 3. The van der Waals surface area contributed by atoms with E-state index in [9.17, 15) is 4.79 Å². The van der Waals surface area contributed by atoms with Crippen molar-refractivity contribution in [3.05, 3.63) is 70.1 Å². The second kappa shape index (κ2) is 6.45. The van der Waals surface area contributed by atoms with Gasteiger partial charge in [-0.15, -0.1) is 0 Å². The summed E-state index contributed by atoms with van der Waals surface area (Å²) in [4.78, 5) is 12.4. The summed E-state index contributed by atoms with van der Waals surface area (Å²) in [6.45, 7) is 1.99. The van der Waals surface area contributed by atoms with Gasteiger partial charge in [0.05, 0.1) is 12.5 Å². The van der Waals surface area contributed by atoms with E-state index in [4.69, 9.17) is 32.5 Å². The molecule has 2 aromatic rings. The Balaban J connectivity index is 2.18. The zero-order valence-corrected chi connectivity index (χ0v) is 13.8. The lowest BCUT2D eigenvalue weighted by molar-refractivity contribution is -0.139. The highest BCUT2D eigenvalue weighted by molar-refractivity contribution is 6.30. The monoisotopic (exact) mass is 344 g/mol. The van der Waals surface area contributed by atoms with Gasteiger partial charge in [0, 0.05) is 22.3 Å². The maximum Gasteiger partial charge on any atom is 0.340 e. The van der Waals surface area contributed by atoms with Crippen molar-refractivity contribution in [2.75, 3.05) is 12.3 Å². The summed E-state index contributed by atoms with van der Waals surface area (Å²) < 4.78 is 10.8. The predicted molar refractivity (Wildman–Crippen MR) is 92.6 cm³/mol. The molecule has 124 valence electrons. The number of esters is 1. The number of anilines is 1. The van der Waals surface area contributed by atoms with Crippen molar-refractivity contribution in [2.24, 2.45) is 5.73 Å². The predicted octanol–water partition coefficient (Wildman–Crippen LogP) is 3.18. The number of carbonyl (C=O) groups is 1. The molecule has 0 saturated heterocycles. The topological polar surface area (TPSA) is 87.6 Å². The van der Waals surface area contributed by atoms with Crippen LogP contribution in [0.5, 0.6) is 5.75 Å². The standard InChI is InChI=1S/C18H17ClN2O3/c1-2-23-18(22)16-15(10-3-5-11(19)6-4-10)13-8-7-12(20)9-14(13)24-17(16)21/h3-9,15H,2,20-21H2,1H3/t15-/m1/s1. The van der Waals surface area contributed by atoms with Gasteiger partial charge in [0.25, 0.3) is 0 Å². The zero-order valence-electron chi connectivity index (χ0n) is 13.1. The molecule has 0 radical (unpaired) electrons. The smallest absolute Gasteiger partial charge is 0.340 e. The number of nitrogen functional groups attached to an aromatic ring is 1. The van der Waals surface area contributed by atoms with E-state index in [-0.39, 0.29) is 18.1 Å². The molecule has 0 spiro atoms. The van der Waals surface area contributed by atoms with Crippen LogP contribution in [0.25, 0.3) is 0 Å². The minimum atomic E-state index is -0.502. The van der Waals surface area contributed by atoms with Gasteiger partial charge in [-0.3, -0.25) is 0 Å². The summed E-state index contributed by atoms with van der Waals surface area (Å²) in [7, 11) is 0. The highest BCUT2D eigenvalue weighted by Crippen LogP contribution is 2.43. The van der Waals surface area contributed by atoms with E-state index in [1.807, 2.05) is 18.2 Å². The fraction of sp³-hybridized carbons (Fsp3) is 0.167. The van der Waals surface area contributed by atoms with Crippen LogP contribution in [-0.2, 0) is 9.53 Å². The maximum atomic E-state index is 12.4. The SMILES string of the molecule is CCOC(=O)C1=C(N)Oc2cc(N)ccc2[C@H]1c1ccc(Cl)cc1. The number of halogens is 1.